The van der Waals surface area contributed by atoms with Crippen molar-refractivity contribution in [2.45, 2.75) is 18.2 Å². The second-order valence-corrected chi connectivity index (χ2v) is 4.07. The van der Waals surface area contributed by atoms with Crippen LogP contribution in [0.3, 0.4) is 0 Å². The number of esters is 1. The van der Waals surface area contributed by atoms with Crippen molar-refractivity contribution in [1.82, 2.24) is 0 Å². The standard InChI is InChI=1S/C12H13BrO4/c1-17-12(16)10-6-8(3-5-11(14)15)2-4-9(10)7-13/h2,4,6H,3,5,7H2,1H3,(H,14,15). The normalized spacial score (nSPS) is 10.0. The molecule has 0 amide bonds. The first kappa shape index (κ1) is 13.7. The zero-order chi connectivity index (χ0) is 12.8. The SMILES string of the molecule is COC(=O)c1cc(CCC(=O)O)ccc1CBr. The van der Waals surface area contributed by atoms with Gasteiger partial charge in [-0.15, -0.1) is 0 Å². The highest BCUT2D eigenvalue weighted by Gasteiger charge is 2.12. The summed E-state index contributed by atoms with van der Waals surface area (Å²) in [6, 6.07) is 5.32. The topological polar surface area (TPSA) is 63.6 Å². The molecule has 0 aromatic heterocycles. The maximum atomic E-state index is 11.5. The Morgan fingerprint density at radius 1 is 1.41 bits per heavy atom. The van der Waals surface area contributed by atoms with Crippen molar-refractivity contribution in [1.29, 1.82) is 0 Å². The molecule has 0 saturated carbocycles. The van der Waals surface area contributed by atoms with Crippen molar-refractivity contribution in [2.75, 3.05) is 7.11 Å². The lowest BCUT2D eigenvalue weighted by atomic mass is 10.0. The van der Waals surface area contributed by atoms with E-state index in [-0.39, 0.29) is 6.42 Å². The van der Waals surface area contributed by atoms with Crippen molar-refractivity contribution < 1.29 is 19.4 Å². The van der Waals surface area contributed by atoms with E-state index >= 15 is 0 Å². The predicted octanol–water partition coefficient (Wildman–Crippen LogP) is 2.39. The molecular formula is C12H13BrO4. The number of methoxy groups -OCH3 is 1. The molecule has 0 spiro atoms. The Hall–Kier alpha value is -1.36. The maximum Gasteiger partial charge on any atom is 0.338 e. The quantitative estimate of drug-likeness (QED) is 0.670. The number of ether oxygens (including phenoxy) is 1. The molecule has 0 aliphatic carbocycles. The lowest BCUT2D eigenvalue weighted by molar-refractivity contribution is -0.136. The second kappa shape index (κ2) is 6.39. The van der Waals surface area contributed by atoms with Crippen LogP contribution in [0.1, 0.15) is 27.9 Å². The number of benzene rings is 1. The number of aryl methyl sites for hydroxylation is 1. The Bertz CT molecular complexity index is 429. The average Bonchev–Trinajstić information content (AvgIpc) is 2.34. The average molecular weight is 301 g/mol. The third kappa shape index (κ3) is 3.85. The van der Waals surface area contributed by atoms with Gasteiger partial charge in [0, 0.05) is 11.8 Å². The minimum absolute atomic E-state index is 0.0499. The van der Waals surface area contributed by atoms with Crippen LogP contribution in [0.2, 0.25) is 0 Å². The van der Waals surface area contributed by atoms with Gasteiger partial charge in [-0.3, -0.25) is 4.79 Å². The van der Waals surface area contributed by atoms with E-state index in [2.05, 4.69) is 20.7 Å². The molecule has 1 aromatic rings. The molecule has 0 saturated heterocycles. The maximum absolute atomic E-state index is 11.5. The van der Waals surface area contributed by atoms with Gasteiger partial charge in [-0.1, -0.05) is 28.1 Å². The predicted molar refractivity (Wildman–Crippen MR) is 66.4 cm³/mol. The molecule has 0 radical (unpaired) electrons. The summed E-state index contributed by atoms with van der Waals surface area (Å²) >= 11 is 3.29. The molecule has 0 fully saturated rings. The van der Waals surface area contributed by atoms with Crippen LogP contribution >= 0.6 is 15.9 Å². The smallest absolute Gasteiger partial charge is 0.338 e. The van der Waals surface area contributed by atoms with E-state index in [4.69, 9.17) is 5.11 Å². The van der Waals surface area contributed by atoms with E-state index < -0.39 is 11.9 Å². The number of hydrogen-bond acceptors (Lipinski definition) is 3. The molecule has 0 heterocycles. The van der Waals surface area contributed by atoms with E-state index in [9.17, 15) is 9.59 Å². The Kier molecular flexibility index (Phi) is 5.15. The fourth-order valence-corrected chi connectivity index (χ4v) is 1.94. The first-order valence-corrected chi connectivity index (χ1v) is 6.18. The molecule has 5 heteroatoms. The van der Waals surface area contributed by atoms with Gasteiger partial charge in [-0.05, 0) is 23.6 Å². The largest absolute Gasteiger partial charge is 0.481 e. The summed E-state index contributed by atoms with van der Waals surface area (Å²) in [5.74, 6) is -1.26. The molecule has 0 bridgehead atoms. The van der Waals surface area contributed by atoms with E-state index in [0.29, 0.717) is 17.3 Å². The number of hydrogen-bond donors (Lipinski definition) is 1. The number of halogens is 1. The third-order valence-corrected chi connectivity index (χ3v) is 2.96. The summed E-state index contributed by atoms with van der Waals surface area (Å²) in [4.78, 5) is 22.0. The van der Waals surface area contributed by atoms with E-state index in [1.165, 1.54) is 7.11 Å². The molecule has 92 valence electrons. The van der Waals surface area contributed by atoms with Gasteiger partial charge in [0.1, 0.15) is 0 Å². The number of carboxylic acids is 1. The third-order valence-electron chi connectivity index (χ3n) is 2.35. The van der Waals surface area contributed by atoms with Gasteiger partial charge in [-0.2, -0.15) is 0 Å². The van der Waals surface area contributed by atoms with Crippen LogP contribution in [-0.2, 0) is 21.3 Å². The van der Waals surface area contributed by atoms with Crippen molar-refractivity contribution in [3.05, 3.63) is 34.9 Å². The van der Waals surface area contributed by atoms with Crippen LogP contribution in [0.25, 0.3) is 0 Å². The molecule has 17 heavy (non-hydrogen) atoms. The Morgan fingerprint density at radius 3 is 2.65 bits per heavy atom. The van der Waals surface area contributed by atoms with Gasteiger partial charge in [0.25, 0.3) is 0 Å². The van der Waals surface area contributed by atoms with Crippen molar-refractivity contribution >= 4 is 27.9 Å². The first-order chi connectivity index (χ1) is 8.08. The van der Waals surface area contributed by atoms with Gasteiger partial charge in [0.05, 0.1) is 12.7 Å². The van der Waals surface area contributed by atoms with Crippen LogP contribution in [0.4, 0.5) is 0 Å². The molecule has 0 atom stereocenters. The number of aliphatic carboxylic acids is 1. The van der Waals surface area contributed by atoms with Crippen molar-refractivity contribution in [2.24, 2.45) is 0 Å². The molecular weight excluding hydrogens is 288 g/mol. The van der Waals surface area contributed by atoms with E-state index in [1.54, 1.807) is 12.1 Å². The first-order valence-electron chi connectivity index (χ1n) is 5.06. The number of carbonyl (C=O) groups is 2. The Balaban J connectivity index is 2.96. The molecule has 0 aliphatic rings. The van der Waals surface area contributed by atoms with Crippen LogP contribution in [0.5, 0.6) is 0 Å². The van der Waals surface area contributed by atoms with Gasteiger partial charge >= 0.3 is 11.9 Å². The second-order valence-electron chi connectivity index (χ2n) is 3.51. The van der Waals surface area contributed by atoms with Gasteiger partial charge in [-0.25, -0.2) is 4.79 Å². The van der Waals surface area contributed by atoms with E-state index in [0.717, 1.165) is 11.1 Å². The van der Waals surface area contributed by atoms with Crippen molar-refractivity contribution in [3.63, 3.8) is 0 Å². The number of carbonyl (C=O) groups excluding carboxylic acids is 1. The summed E-state index contributed by atoms with van der Waals surface area (Å²) in [6.45, 7) is 0. The fraction of sp³-hybridized carbons (Fsp3) is 0.333. The molecule has 0 aliphatic heterocycles. The highest BCUT2D eigenvalue weighted by atomic mass is 79.9. The van der Waals surface area contributed by atoms with Crippen molar-refractivity contribution in [3.8, 4) is 0 Å². The lowest BCUT2D eigenvalue weighted by Crippen LogP contribution is -2.06. The zero-order valence-corrected chi connectivity index (χ0v) is 11.0. The number of rotatable bonds is 5. The van der Waals surface area contributed by atoms with Gasteiger partial charge in [0.2, 0.25) is 0 Å². The Morgan fingerprint density at radius 2 is 2.12 bits per heavy atom. The highest BCUT2D eigenvalue weighted by molar-refractivity contribution is 9.08. The minimum Gasteiger partial charge on any atom is -0.481 e. The van der Waals surface area contributed by atoms with Crippen LogP contribution in [0.15, 0.2) is 18.2 Å². The minimum atomic E-state index is -0.853. The van der Waals surface area contributed by atoms with Crippen LogP contribution in [-0.4, -0.2) is 24.2 Å². The molecule has 1 aromatic carbocycles. The number of alkyl halides is 1. The summed E-state index contributed by atoms with van der Waals surface area (Å²) in [6.07, 6.45) is 0.455. The highest BCUT2D eigenvalue weighted by Crippen LogP contribution is 2.17. The van der Waals surface area contributed by atoms with Crippen LogP contribution < -0.4 is 0 Å². The van der Waals surface area contributed by atoms with Gasteiger partial charge in [0.15, 0.2) is 0 Å². The summed E-state index contributed by atoms with van der Waals surface area (Å²) in [5, 5.41) is 9.15. The summed E-state index contributed by atoms with van der Waals surface area (Å²) < 4.78 is 4.68. The molecule has 4 nitrogen and oxygen atoms in total. The molecule has 0 unspecified atom stereocenters. The van der Waals surface area contributed by atoms with Gasteiger partial charge < -0.3 is 9.84 Å². The fourth-order valence-electron chi connectivity index (χ4n) is 1.45. The molecule has 1 N–H and O–H groups in total. The Labute approximate surface area is 108 Å². The monoisotopic (exact) mass is 300 g/mol. The lowest BCUT2D eigenvalue weighted by Gasteiger charge is -2.07. The van der Waals surface area contributed by atoms with Crippen LogP contribution in [0, 0.1) is 0 Å². The number of carboxylic acid groups (broad SMARTS) is 1. The molecule has 1 rings (SSSR count). The zero-order valence-electron chi connectivity index (χ0n) is 9.40. The summed E-state index contributed by atoms with van der Waals surface area (Å²) in [7, 11) is 1.32. The summed E-state index contributed by atoms with van der Waals surface area (Å²) in [5.41, 5.74) is 2.13. The van der Waals surface area contributed by atoms with E-state index in [1.807, 2.05) is 6.07 Å².